The minimum atomic E-state index is 0.243. The van der Waals surface area contributed by atoms with E-state index in [0.717, 1.165) is 21.6 Å². The molecule has 2 aromatic rings. The molecular formula is C13H13BrN4OS. The average Bonchev–Trinajstić information content (AvgIpc) is 2.40. The van der Waals surface area contributed by atoms with Crippen LogP contribution in [0.4, 0.5) is 11.6 Å². The van der Waals surface area contributed by atoms with E-state index in [9.17, 15) is 0 Å². The van der Waals surface area contributed by atoms with Gasteiger partial charge >= 0.3 is 0 Å². The molecule has 1 aromatic carbocycles. The number of hydrogen-bond acceptors (Lipinski definition) is 5. The number of aryl methyl sites for hydroxylation is 1. The van der Waals surface area contributed by atoms with E-state index >= 15 is 0 Å². The zero-order chi connectivity index (χ0) is 14.7. The van der Waals surface area contributed by atoms with Crippen molar-refractivity contribution in [3.63, 3.8) is 0 Å². The molecule has 0 aliphatic heterocycles. The Morgan fingerprint density at radius 1 is 1.35 bits per heavy atom. The molecule has 0 bridgehead atoms. The van der Waals surface area contributed by atoms with Gasteiger partial charge in [0, 0.05) is 17.4 Å². The number of ether oxygens (including phenoxy) is 1. The van der Waals surface area contributed by atoms with E-state index in [0.29, 0.717) is 11.6 Å². The van der Waals surface area contributed by atoms with E-state index in [4.69, 9.17) is 22.7 Å². The number of halogens is 1. The number of nitrogens with zero attached hydrogens (tertiary/aromatic N) is 2. The fourth-order valence-corrected chi connectivity index (χ4v) is 2.13. The van der Waals surface area contributed by atoms with Gasteiger partial charge in [-0.05, 0) is 41.1 Å². The Balaban J connectivity index is 2.32. The fraction of sp³-hybridized carbons (Fsp3) is 0.154. The molecule has 104 valence electrons. The van der Waals surface area contributed by atoms with Crippen LogP contribution in [0.2, 0.25) is 0 Å². The van der Waals surface area contributed by atoms with Gasteiger partial charge in [-0.2, -0.15) is 0 Å². The summed E-state index contributed by atoms with van der Waals surface area (Å²) in [5, 5.41) is 3.10. The van der Waals surface area contributed by atoms with Crippen molar-refractivity contribution in [3.8, 4) is 5.75 Å². The molecule has 0 unspecified atom stereocenters. The van der Waals surface area contributed by atoms with E-state index in [2.05, 4.69) is 31.2 Å². The first-order chi connectivity index (χ1) is 9.49. The molecule has 5 nitrogen and oxygen atoms in total. The number of thiocarbonyl (C=S) groups is 1. The van der Waals surface area contributed by atoms with Gasteiger partial charge in [0.15, 0.2) is 0 Å². The van der Waals surface area contributed by atoms with E-state index < -0.39 is 0 Å². The third-order valence-electron chi connectivity index (χ3n) is 2.51. The predicted molar refractivity (Wildman–Crippen MR) is 86.6 cm³/mol. The van der Waals surface area contributed by atoms with Crippen LogP contribution in [0.5, 0.6) is 5.75 Å². The number of hydrogen-bond donors (Lipinski definition) is 2. The second-order valence-electron chi connectivity index (χ2n) is 4.06. The van der Waals surface area contributed by atoms with Crippen molar-refractivity contribution in [2.24, 2.45) is 5.73 Å². The van der Waals surface area contributed by atoms with Crippen molar-refractivity contribution in [1.82, 2.24) is 9.97 Å². The highest BCUT2D eigenvalue weighted by Gasteiger charge is 2.07. The molecular weight excluding hydrogens is 340 g/mol. The SMILES string of the molecule is COc1cc(Nc2nc(C)cc(C(N)=S)n2)ccc1Br. The molecule has 0 atom stereocenters. The van der Waals surface area contributed by atoms with Crippen LogP contribution in [0.25, 0.3) is 0 Å². The lowest BCUT2D eigenvalue weighted by Gasteiger charge is -2.09. The van der Waals surface area contributed by atoms with Crippen LogP contribution < -0.4 is 15.8 Å². The molecule has 0 aliphatic carbocycles. The lowest BCUT2D eigenvalue weighted by Crippen LogP contribution is -2.13. The minimum Gasteiger partial charge on any atom is -0.495 e. The first kappa shape index (κ1) is 14.7. The molecule has 2 rings (SSSR count). The van der Waals surface area contributed by atoms with Crippen LogP contribution in [-0.4, -0.2) is 22.1 Å². The Kier molecular flexibility index (Phi) is 4.51. The summed E-state index contributed by atoms with van der Waals surface area (Å²) in [6, 6.07) is 7.36. The van der Waals surface area contributed by atoms with Crippen molar-refractivity contribution in [3.05, 3.63) is 40.1 Å². The molecule has 1 heterocycles. The van der Waals surface area contributed by atoms with Crippen LogP contribution in [0, 0.1) is 6.92 Å². The predicted octanol–water partition coefficient (Wildman–Crippen LogP) is 2.93. The first-order valence-corrected chi connectivity index (χ1v) is 6.96. The van der Waals surface area contributed by atoms with Crippen LogP contribution in [0.15, 0.2) is 28.7 Å². The van der Waals surface area contributed by atoms with E-state index in [-0.39, 0.29) is 4.99 Å². The fourth-order valence-electron chi connectivity index (χ4n) is 1.62. The minimum absolute atomic E-state index is 0.243. The highest BCUT2D eigenvalue weighted by atomic mass is 79.9. The standard InChI is InChI=1S/C13H13BrN4OS/c1-7-5-10(12(15)20)18-13(16-7)17-8-3-4-9(14)11(6-8)19-2/h3-6H,1-2H3,(H2,15,20)(H,16,17,18). The number of methoxy groups -OCH3 is 1. The van der Waals surface area contributed by atoms with Gasteiger partial charge in [0.05, 0.1) is 11.6 Å². The monoisotopic (exact) mass is 352 g/mol. The summed E-state index contributed by atoms with van der Waals surface area (Å²) < 4.78 is 6.12. The van der Waals surface area contributed by atoms with Gasteiger partial charge in [-0.15, -0.1) is 0 Å². The average molecular weight is 353 g/mol. The first-order valence-electron chi connectivity index (χ1n) is 5.75. The highest BCUT2D eigenvalue weighted by Crippen LogP contribution is 2.28. The molecule has 0 fully saturated rings. The van der Waals surface area contributed by atoms with Gasteiger partial charge < -0.3 is 15.8 Å². The number of nitrogens with two attached hydrogens (primary N) is 1. The molecule has 20 heavy (non-hydrogen) atoms. The molecule has 0 amide bonds. The normalized spacial score (nSPS) is 10.2. The van der Waals surface area contributed by atoms with E-state index in [1.165, 1.54) is 0 Å². The number of rotatable bonds is 4. The zero-order valence-electron chi connectivity index (χ0n) is 11.0. The topological polar surface area (TPSA) is 73.1 Å². The number of nitrogens with one attached hydrogen (secondary N) is 1. The molecule has 3 N–H and O–H groups in total. The van der Waals surface area contributed by atoms with Crippen LogP contribution in [-0.2, 0) is 0 Å². The van der Waals surface area contributed by atoms with Crippen LogP contribution in [0.3, 0.4) is 0 Å². The number of benzene rings is 1. The molecule has 0 aliphatic rings. The number of anilines is 2. The van der Waals surface area contributed by atoms with Crippen molar-refractivity contribution < 1.29 is 4.74 Å². The van der Waals surface area contributed by atoms with Crippen molar-refractivity contribution in [2.75, 3.05) is 12.4 Å². The Hall–Kier alpha value is -1.73. The molecule has 1 aromatic heterocycles. The Morgan fingerprint density at radius 3 is 2.75 bits per heavy atom. The van der Waals surface area contributed by atoms with Crippen LogP contribution >= 0.6 is 28.1 Å². The summed E-state index contributed by atoms with van der Waals surface area (Å²) in [7, 11) is 1.61. The summed E-state index contributed by atoms with van der Waals surface area (Å²) in [6.07, 6.45) is 0. The maximum atomic E-state index is 5.60. The van der Waals surface area contributed by atoms with Crippen molar-refractivity contribution in [2.45, 2.75) is 6.92 Å². The van der Waals surface area contributed by atoms with Gasteiger partial charge in [-0.1, -0.05) is 12.2 Å². The summed E-state index contributed by atoms with van der Waals surface area (Å²) in [5.41, 5.74) is 7.73. The molecule has 0 saturated heterocycles. The third-order valence-corrected chi connectivity index (χ3v) is 3.38. The Morgan fingerprint density at radius 2 is 2.10 bits per heavy atom. The molecule has 7 heteroatoms. The number of aromatic nitrogens is 2. The Labute approximate surface area is 130 Å². The van der Waals surface area contributed by atoms with Gasteiger partial charge in [0.2, 0.25) is 5.95 Å². The molecule has 0 radical (unpaired) electrons. The second-order valence-corrected chi connectivity index (χ2v) is 5.35. The summed E-state index contributed by atoms with van der Waals surface area (Å²) in [6.45, 7) is 1.86. The van der Waals surface area contributed by atoms with E-state index in [1.54, 1.807) is 13.2 Å². The lowest BCUT2D eigenvalue weighted by atomic mass is 10.3. The third kappa shape index (κ3) is 3.43. The van der Waals surface area contributed by atoms with Crippen molar-refractivity contribution in [1.29, 1.82) is 0 Å². The van der Waals surface area contributed by atoms with E-state index in [1.807, 2.05) is 25.1 Å². The van der Waals surface area contributed by atoms with Gasteiger partial charge in [0.25, 0.3) is 0 Å². The maximum Gasteiger partial charge on any atom is 0.228 e. The van der Waals surface area contributed by atoms with Gasteiger partial charge in [-0.25, -0.2) is 9.97 Å². The molecule has 0 saturated carbocycles. The zero-order valence-corrected chi connectivity index (χ0v) is 13.4. The second kappa shape index (κ2) is 6.15. The van der Waals surface area contributed by atoms with Crippen molar-refractivity contribution >= 4 is 44.8 Å². The molecule has 0 spiro atoms. The van der Waals surface area contributed by atoms with Gasteiger partial charge in [0.1, 0.15) is 16.4 Å². The summed E-state index contributed by atoms with van der Waals surface area (Å²) in [4.78, 5) is 8.81. The van der Waals surface area contributed by atoms with Gasteiger partial charge in [-0.3, -0.25) is 0 Å². The quantitative estimate of drug-likeness (QED) is 0.824. The summed E-state index contributed by atoms with van der Waals surface area (Å²) in [5.74, 6) is 1.16. The highest BCUT2D eigenvalue weighted by molar-refractivity contribution is 9.10. The van der Waals surface area contributed by atoms with Crippen LogP contribution in [0.1, 0.15) is 11.4 Å². The Bertz CT molecular complexity index is 663. The largest absolute Gasteiger partial charge is 0.495 e. The summed E-state index contributed by atoms with van der Waals surface area (Å²) >= 11 is 8.34. The lowest BCUT2D eigenvalue weighted by molar-refractivity contribution is 0.412. The maximum absolute atomic E-state index is 5.60. The smallest absolute Gasteiger partial charge is 0.228 e.